The number of alkyl carbamates (subject to hydrolysis) is 1. The van der Waals surface area contributed by atoms with Crippen LogP contribution in [0.1, 0.15) is 49.7 Å². The summed E-state index contributed by atoms with van der Waals surface area (Å²) < 4.78 is 5.64. The molecule has 2 saturated carbocycles. The maximum atomic E-state index is 13.3. The smallest absolute Gasteiger partial charge is 0.407 e. The van der Waals surface area contributed by atoms with Gasteiger partial charge in [0.15, 0.2) is 0 Å². The molecule has 2 aromatic rings. The van der Waals surface area contributed by atoms with Gasteiger partial charge in [0, 0.05) is 19.5 Å². The van der Waals surface area contributed by atoms with Gasteiger partial charge >= 0.3 is 12.1 Å². The van der Waals surface area contributed by atoms with Crippen molar-refractivity contribution in [2.45, 2.75) is 44.6 Å². The lowest BCUT2D eigenvalue weighted by atomic mass is 9.74. The van der Waals surface area contributed by atoms with E-state index in [2.05, 4.69) is 29.6 Å². The zero-order valence-corrected chi connectivity index (χ0v) is 19.5. The van der Waals surface area contributed by atoms with Crippen molar-refractivity contribution in [1.29, 1.82) is 0 Å². The van der Waals surface area contributed by atoms with Crippen molar-refractivity contribution >= 4 is 18.0 Å². The Morgan fingerprint density at radius 3 is 2.18 bits per heavy atom. The molecule has 3 aliphatic rings. The van der Waals surface area contributed by atoms with Crippen molar-refractivity contribution in [1.82, 2.24) is 10.2 Å². The number of hydrogen-bond donors (Lipinski definition) is 2. The van der Waals surface area contributed by atoms with Crippen molar-refractivity contribution in [3.05, 3.63) is 59.7 Å². The first-order chi connectivity index (χ1) is 16.3. The Bertz CT molecular complexity index is 1110. The van der Waals surface area contributed by atoms with Gasteiger partial charge in [-0.15, -0.1) is 0 Å². The summed E-state index contributed by atoms with van der Waals surface area (Å²) in [4.78, 5) is 38.7. The summed E-state index contributed by atoms with van der Waals surface area (Å²) in [5.74, 6) is -1.28. The van der Waals surface area contributed by atoms with Gasteiger partial charge in [0.1, 0.15) is 12.6 Å². The van der Waals surface area contributed by atoms with Gasteiger partial charge < -0.3 is 20.1 Å². The number of nitrogens with zero attached hydrogens (tertiary/aromatic N) is 1. The van der Waals surface area contributed by atoms with Crippen LogP contribution in [0.3, 0.4) is 0 Å². The predicted octanol–water partition coefficient (Wildman–Crippen LogP) is 4.02. The molecule has 0 radical (unpaired) electrons. The van der Waals surface area contributed by atoms with E-state index in [0.717, 1.165) is 41.5 Å². The summed E-state index contributed by atoms with van der Waals surface area (Å²) in [7, 11) is 1.53. The van der Waals surface area contributed by atoms with E-state index in [1.807, 2.05) is 24.3 Å². The first-order valence-corrected chi connectivity index (χ1v) is 11.9. The summed E-state index contributed by atoms with van der Waals surface area (Å²) in [6.45, 7) is 1.88. The van der Waals surface area contributed by atoms with Gasteiger partial charge in [-0.1, -0.05) is 55.0 Å². The molecule has 0 aromatic heterocycles. The number of ether oxygens (including phenoxy) is 1. The summed E-state index contributed by atoms with van der Waals surface area (Å²) in [5.41, 5.74) is 3.75. The normalized spacial score (nSPS) is 22.2. The second-order valence-corrected chi connectivity index (χ2v) is 10.0. The first kappa shape index (κ1) is 22.4. The van der Waals surface area contributed by atoms with Crippen molar-refractivity contribution in [2.24, 2.45) is 10.8 Å². The van der Waals surface area contributed by atoms with Gasteiger partial charge in [-0.05, 0) is 53.9 Å². The Morgan fingerprint density at radius 1 is 1.09 bits per heavy atom. The standard InChI is InChI=1S/C27H30N2O5/c1-17(23(30)31)29(2)24(32)27(15-26(27)12-7-13-26)16-28-25(33)34-14-22-20-10-5-3-8-18(20)19-9-4-6-11-21(19)22/h3-6,8-11,17,22H,7,12-16H2,1-2H3,(H,28,33)(H,30,31)/t17-,27?/m0/s1. The summed E-state index contributed by atoms with van der Waals surface area (Å²) in [6, 6.07) is 15.4. The summed E-state index contributed by atoms with van der Waals surface area (Å²) >= 11 is 0. The van der Waals surface area contributed by atoms with Crippen LogP contribution in [-0.4, -0.2) is 54.2 Å². The van der Waals surface area contributed by atoms with Crippen LogP contribution in [0.5, 0.6) is 0 Å². The number of carboxylic acid groups (broad SMARTS) is 1. The number of fused-ring (bicyclic) bond motifs is 3. The maximum absolute atomic E-state index is 13.3. The van der Waals surface area contributed by atoms with E-state index in [1.165, 1.54) is 18.9 Å². The predicted molar refractivity (Wildman–Crippen MR) is 126 cm³/mol. The molecule has 1 unspecified atom stereocenters. The van der Waals surface area contributed by atoms with E-state index in [0.29, 0.717) is 6.42 Å². The van der Waals surface area contributed by atoms with Crippen LogP contribution in [0, 0.1) is 10.8 Å². The highest BCUT2D eigenvalue weighted by molar-refractivity contribution is 5.91. The number of benzene rings is 2. The van der Waals surface area contributed by atoms with E-state index in [4.69, 9.17) is 4.74 Å². The fourth-order valence-electron chi connectivity index (χ4n) is 5.97. The number of carbonyl (C=O) groups is 3. The quantitative estimate of drug-likeness (QED) is 0.648. The highest BCUT2D eigenvalue weighted by Crippen LogP contribution is 2.74. The van der Waals surface area contributed by atoms with Crippen LogP contribution >= 0.6 is 0 Å². The summed E-state index contributed by atoms with van der Waals surface area (Å²) in [6.07, 6.45) is 3.04. The van der Waals surface area contributed by atoms with Gasteiger partial charge in [-0.2, -0.15) is 0 Å². The molecule has 0 aliphatic heterocycles. The molecule has 3 aliphatic carbocycles. The Labute approximate surface area is 199 Å². The van der Waals surface area contributed by atoms with E-state index < -0.39 is 23.5 Å². The Morgan fingerprint density at radius 2 is 1.68 bits per heavy atom. The number of nitrogens with one attached hydrogen (secondary N) is 1. The number of amides is 2. The van der Waals surface area contributed by atoms with Gasteiger partial charge in [0.25, 0.3) is 0 Å². The number of rotatable bonds is 7. The highest BCUT2D eigenvalue weighted by Gasteiger charge is 2.74. The van der Waals surface area contributed by atoms with Crippen molar-refractivity contribution in [2.75, 3.05) is 20.2 Å². The third-order valence-corrected chi connectivity index (χ3v) is 8.39. The second kappa shape index (κ2) is 8.15. The molecular formula is C27H30N2O5. The molecule has 2 aromatic carbocycles. The Kier molecular flexibility index (Phi) is 5.38. The second-order valence-electron chi connectivity index (χ2n) is 10.0. The molecule has 2 amide bonds. The number of carboxylic acids is 1. The lowest BCUT2D eigenvalue weighted by molar-refractivity contribution is -0.151. The SMILES string of the molecule is C[C@@H](C(=O)O)N(C)C(=O)C1(CNC(=O)OCC2c3ccccc3-c3ccccc32)CC12CCC2. The lowest BCUT2D eigenvalue weighted by Gasteiger charge is -2.35. The van der Waals surface area contributed by atoms with E-state index >= 15 is 0 Å². The summed E-state index contributed by atoms with van der Waals surface area (Å²) in [5, 5.41) is 12.2. The topological polar surface area (TPSA) is 95.9 Å². The van der Waals surface area contributed by atoms with E-state index in [9.17, 15) is 19.5 Å². The lowest BCUT2D eigenvalue weighted by Crippen LogP contribution is -2.50. The van der Waals surface area contributed by atoms with Crippen molar-refractivity contribution in [3.63, 3.8) is 0 Å². The van der Waals surface area contributed by atoms with Crippen LogP contribution in [0.4, 0.5) is 4.79 Å². The van der Waals surface area contributed by atoms with Crippen molar-refractivity contribution in [3.8, 4) is 11.1 Å². The molecule has 7 nitrogen and oxygen atoms in total. The maximum Gasteiger partial charge on any atom is 0.407 e. The fourth-order valence-corrected chi connectivity index (χ4v) is 5.97. The minimum Gasteiger partial charge on any atom is -0.480 e. The van der Waals surface area contributed by atoms with Gasteiger partial charge in [-0.3, -0.25) is 4.79 Å². The average Bonchev–Trinajstić information content (AvgIpc) is 3.44. The van der Waals surface area contributed by atoms with E-state index in [1.54, 1.807) is 0 Å². The largest absolute Gasteiger partial charge is 0.480 e. The highest BCUT2D eigenvalue weighted by atomic mass is 16.5. The number of aliphatic carboxylic acids is 1. The van der Waals surface area contributed by atoms with Crippen LogP contribution in [0.15, 0.2) is 48.5 Å². The third kappa shape index (κ3) is 3.37. The number of hydrogen-bond acceptors (Lipinski definition) is 4. The van der Waals surface area contributed by atoms with Gasteiger partial charge in [-0.25, -0.2) is 9.59 Å². The molecule has 2 atom stereocenters. The molecular weight excluding hydrogens is 432 g/mol. The van der Waals surface area contributed by atoms with Crippen LogP contribution in [-0.2, 0) is 14.3 Å². The molecule has 0 heterocycles. The molecule has 7 heteroatoms. The third-order valence-electron chi connectivity index (χ3n) is 8.39. The Balaban J connectivity index is 1.25. The average molecular weight is 463 g/mol. The molecule has 178 valence electrons. The van der Waals surface area contributed by atoms with Crippen LogP contribution in [0.2, 0.25) is 0 Å². The first-order valence-electron chi connectivity index (χ1n) is 11.9. The zero-order valence-electron chi connectivity index (χ0n) is 19.5. The minimum atomic E-state index is -1.04. The minimum absolute atomic E-state index is 0.0322. The number of likely N-dealkylation sites (N-methyl/N-ethyl adjacent to an activating group) is 1. The Hall–Kier alpha value is -3.35. The zero-order chi connectivity index (χ0) is 24.1. The van der Waals surface area contributed by atoms with Gasteiger partial charge in [0.05, 0.1) is 5.41 Å². The van der Waals surface area contributed by atoms with Crippen LogP contribution < -0.4 is 5.32 Å². The molecule has 34 heavy (non-hydrogen) atoms. The van der Waals surface area contributed by atoms with Crippen molar-refractivity contribution < 1.29 is 24.2 Å². The monoisotopic (exact) mass is 462 g/mol. The molecule has 2 fully saturated rings. The molecule has 0 bridgehead atoms. The van der Waals surface area contributed by atoms with Crippen LogP contribution in [0.25, 0.3) is 11.1 Å². The van der Waals surface area contributed by atoms with Gasteiger partial charge in [0.2, 0.25) is 5.91 Å². The fraction of sp³-hybridized carbons (Fsp3) is 0.444. The molecule has 5 rings (SSSR count). The molecule has 1 spiro atoms. The molecule has 0 saturated heterocycles. The number of carbonyl (C=O) groups excluding carboxylic acids is 2. The van der Waals surface area contributed by atoms with E-state index in [-0.39, 0.29) is 30.4 Å². The molecule has 2 N–H and O–H groups in total.